The van der Waals surface area contributed by atoms with Gasteiger partial charge in [-0.3, -0.25) is 4.79 Å². The molecule has 31 heavy (non-hydrogen) atoms. The maximum atomic E-state index is 12.9. The number of ether oxygens (including phenoxy) is 1. The number of methoxy groups -OCH3 is 1. The fourth-order valence-electron chi connectivity index (χ4n) is 3.36. The van der Waals surface area contributed by atoms with Gasteiger partial charge in [-0.2, -0.15) is 0 Å². The third-order valence-electron chi connectivity index (χ3n) is 5.17. The molecular formula is C26H27NO4. The van der Waals surface area contributed by atoms with E-state index in [9.17, 15) is 9.59 Å². The third-order valence-corrected chi connectivity index (χ3v) is 5.17. The van der Waals surface area contributed by atoms with Gasteiger partial charge in [0, 0.05) is 18.2 Å². The van der Waals surface area contributed by atoms with Gasteiger partial charge in [-0.05, 0) is 47.4 Å². The number of nitrogens with zero attached hydrogens (tertiary/aromatic N) is 1. The number of amides is 1. The van der Waals surface area contributed by atoms with Crippen molar-refractivity contribution in [3.05, 3.63) is 83.9 Å². The summed E-state index contributed by atoms with van der Waals surface area (Å²) in [5.74, 6) is -0.137. The van der Waals surface area contributed by atoms with Crippen molar-refractivity contribution in [2.45, 2.75) is 32.7 Å². The van der Waals surface area contributed by atoms with Crippen molar-refractivity contribution in [3.63, 3.8) is 0 Å². The van der Waals surface area contributed by atoms with Gasteiger partial charge in [0.05, 0.1) is 19.2 Å². The quantitative estimate of drug-likeness (QED) is 0.479. The first-order valence-corrected chi connectivity index (χ1v) is 10.4. The molecule has 0 saturated carbocycles. The summed E-state index contributed by atoms with van der Waals surface area (Å²) in [6.45, 7) is 2.54. The first kappa shape index (κ1) is 22.1. The normalized spacial score (nSPS) is 10.5. The highest BCUT2D eigenvalue weighted by atomic mass is 16.5. The Hall–Kier alpha value is -3.60. The standard InChI is InChI=1S/C26H27NO4/c1-3-4-8-25(28)27(23-6-5-7-24(17-23)31-2)18-19-9-11-20(12-10-19)21-13-15-22(16-14-21)26(29)30/h5-7,9-17H,3-4,8,18H2,1-2H3,(H,29,30). The molecule has 0 fully saturated rings. The second-order valence-corrected chi connectivity index (χ2v) is 7.36. The summed E-state index contributed by atoms with van der Waals surface area (Å²) in [6.07, 6.45) is 2.32. The van der Waals surface area contributed by atoms with Crippen LogP contribution in [0.5, 0.6) is 5.75 Å². The van der Waals surface area contributed by atoms with Gasteiger partial charge < -0.3 is 14.7 Å². The monoisotopic (exact) mass is 417 g/mol. The highest BCUT2D eigenvalue weighted by molar-refractivity contribution is 5.93. The molecule has 0 saturated heterocycles. The van der Waals surface area contributed by atoms with Gasteiger partial charge in [0.15, 0.2) is 0 Å². The van der Waals surface area contributed by atoms with E-state index in [1.807, 2.05) is 48.5 Å². The molecule has 5 nitrogen and oxygen atoms in total. The van der Waals surface area contributed by atoms with Crippen LogP contribution < -0.4 is 9.64 Å². The number of rotatable bonds is 9. The van der Waals surface area contributed by atoms with Crippen LogP contribution in [0.3, 0.4) is 0 Å². The smallest absolute Gasteiger partial charge is 0.335 e. The number of benzene rings is 3. The molecule has 5 heteroatoms. The molecule has 0 aliphatic rings. The Morgan fingerprint density at radius 1 is 0.935 bits per heavy atom. The van der Waals surface area contributed by atoms with Crippen LogP contribution in [0.4, 0.5) is 5.69 Å². The minimum atomic E-state index is -0.938. The molecule has 1 N–H and O–H groups in total. The average molecular weight is 418 g/mol. The van der Waals surface area contributed by atoms with E-state index < -0.39 is 5.97 Å². The predicted molar refractivity (Wildman–Crippen MR) is 123 cm³/mol. The van der Waals surface area contributed by atoms with Crippen LogP contribution in [-0.4, -0.2) is 24.1 Å². The van der Waals surface area contributed by atoms with Crippen LogP contribution in [0, 0.1) is 0 Å². The topological polar surface area (TPSA) is 66.8 Å². The minimum absolute atomic E-state index is 0.0865. The Bertz CT molecular complexity index is 1030. The van der Waals surface area contributed by atoms with Crippen molar-refractivity contribution in [1.29, 1.82) is 0 Å². The Morgan fingerprint density at radius 3 is 2.16 bits per heavy atom. The molecule has 3 rings (SSSR count). The van der Waals surface area contributed by atoms with Crippen LogP contribution in [-0.2, 0) is 11.3 Å². The Kier molecular flexibility index (Phi) is 7.44. The molecule has 0 spiro atoms. The summed E-state index contributed by atoms with van der Waals surface area (Å²) < 4.78 is 5.33. The van der Waals surface area contributed by atoms with Crippen LogP contribution in [0.15, 0.2) is 72.8 Å². The summed E-state index contributed by atoms with van der Waals surface area (Å²) >= 11 is 0. The Balaban J connectivity index is 1.81. The highest BCUT2D eigenvalue weighted by Gasteiger charge is 2.16. The molecule has 0 radical (unpaired) electrons. The summed E-state index contributed by atoms with van der Waals surface area (Å²) in [5.41, 5.74) is 4.03. The van der Waals surface area contributed by atoms with E-state index in [0.717, 1.165) is 35.2 Å². The van der Waals surface area contributed by atoms with E-state index in [0.29, 0.717) is 18.7 Å². The van der Waals surface area contributed by atoms with E-state index in [1.54, 1.807) is 36.3 Å². The minimum Gasteiger partial charge on any atom is -0.497 e. The van der Waals surface area contributed by atoms with Crippen molar-refractivity contribution in [1.82, 2.24) is 0 Å². The average Bonchev–Trinajstić information content (AvgIpc) is 2.81. The highest BCUT2D eigenvalue weighted by Crippen LogP contribution is 2.25. The van der Waals surface area contributed by atoms with E-state index in [1.165, 1.54) is 0 Å². The maximum absolute atomic E-state index is 12.9. The van der Waals surface area contributed by atoms with Gasteiger partial charge in [-0.1, -0.05) is 55.8 Å². The zero-order valence-electron chi connectivity index (χ0n) is 17.9. The van der Waals surface area contributed by atoms with Crippen molar-refractivity contribution in [2.75, 3.05) is 12.0 Å². The van der Waals surface area contributed by atoms with Crippen molar-refractivity contribution < 1.29 is 19.4 Å². The molecule has 0 aromatic heterocycles. The largest absolute Gasteiger partial charge is 0.497 e. The molecule has 0 heterocycles. The molecule has 3 aromatic carbocycles. The number of carboxylic acids is 1. The fourth-order valence-corrected chi connectivity index (χ4v) is 3.36. The molecule has 0 unspecified atom stereocenters. The fraction of sp³-hybridized carbons (Fsp3) is 0.231. The van der Waals surface area contributed by atoms with Gasteiger partial charge in [0.1, 0.15) is 5.75 Å². The van der Waals surface area contributed by atoms with E-state index >= 15 is 0 Å². The summed E-state index contributed by atoms with van der Waals surface area (Å²) in [5, 5.41) is 9.05. The molecule has 160 valence electrons. The van der Waals surface area contributed by atoms with E-state index in [2.05, 4.69) is 6.92 Å². The number of anilines is 1. The second-order valence-electron chi connectivity index (χ2n) is 7.36. The Labute approximate surface area is 182 Å². The van der Waals surface area contributed by atoms with Gasteiger partial charge in [-0.25, -0.2) is 4.79 Å². The lowest BCUT2D eigenvalue weighted by Crippen LogP contribution is -2.30. The molecule has 0 atom stereocenters. The first-order chi connectivity index (χ1) is 15.0. The molecule has 0 aliphatic heterocycles. The second kappa shape index (κ2) is 10.4. The SMILES string of the molecule is CCCCC(=O)N(Cc1ccc(-c2ccc(C(=O)O)cc2)cc1)c1cccc(OC)c1. The van der Waals surface area contributed by atoms with Crippen molar-refractivity contribution in [2.24, 2.45) is 0 Å². The maximum Gasteiger partial charge on any atom is 0.335 e. The molecular weight excluding hydrogens is 390 g/mol. The van der Waals surface area contributed by atoms with E-state index in [4.69, 9.17) is 9.84 Å². The number of carbonyl (C=O) groups excluding carboxylic acids is 1. The van der Waals surface area contributed by atoms with Crippen molar-refractivity contribution in [3.8, 4) is 16.9 Å². The van der Waals surface area contributed by atoms with Crippen LogP contribution in [0.2, 0.25) is 0 Å². The number of unbranched alkanes of at least 4 members (excludes halogenated alkanes) is 1. The zero-order valence-corrected chi connectivity index (χ0v) is 17.9. The lowest BCUT2D eigenvalue weighted by Gasteiger charge is -2.24. The van der Waals surface area contributed by atoms with Gasteiger partial charge in [-0.15, -0.1) is 0 Å². The van der Waals surface area contributed by atoms with E-state index in [-0.39, 0.29) is 11.5 Å². The molecule has 0 bridgehead atoms. The number of carbonyl (C=O) groups is 2. The van der Waals surface area contributed by atoms with Gasteiger partial charge >= 0.3 is 5.97 Å². The first-order valence-electron chi connectivity index (χ1n) is 10.4. The predicted octanol–water partition coefficient (Wildman–Crippen LogP) is 5.78. The summed E-state index contributed by atoms with van der Waals surface area (Å²) in [4.78, 5) is 25.8. The number of aromatic carboxylic acids is 1. The van der Waals surface area contributed by atoms with Gasteiger partial charge in [0.2, 0.25) is 5.91 Å². The van der Waals surface area contributed by atoms with Crippen molar-refractivity contribution >= 4 is 17.6 Å². The summed E-state index contributed by atoms with van der Waals surface area (Å²) in [6, 6.07) is 22.3. The molecule has 3 aromatic rings. The molecule has 1 amide bonds. The number of hydrogen-bond acceptors (Lipinski definition) is 3. The molecule has 0 aliphatic carbocycles. The Morgan fingerprint density at radius 2 is 1.58 bits per heavy atom. The lowest BCUT2D eigenvalue weighted by atomic mass is 10.0. The van der Waals surface area contributed by atoms with Crippen LogP contribution in [0.1, 0.15) is 42.1 Å². The lowest BCUT2D eigenvalue weighted by molar-refractivity contribution is -0.118. The zero-order chi connectivity index (χ0) is 22.2. The number of hydrogen-bond donors (Lipinski definition) is 1. The van der Waals surface area contributed by atoms with Gasteiger partial charge in [0.25, 0.3) is 0 Å². The third kappa shape index (κ3) is 5.72. The number of carboxylic acid groups (broad SMARTS) is 1. The van der Waals surface area contributed by atoms with Crippen LogP contribution >= 0.6 is 0 Å². The van der Waals surface area contributed by atoms with Crippen LogP contribution in [0.25, 0.3) is 11.1 Å². The summed E-state index contributed by atoms with van der Waals surface area (Å²) in [7, 11) is 1.62.